The number of nitrogens with zero attached hydrogens (tertiary/aromatic N) is 2. The SMILES string of the molecule is O=C(O)CC1CN(S(=O)(=O)c2c[nH]c3ncccc23)C1. The van der Waals surface area contributed by atoms with Gasteiger partial charge in [-0.15, -0.1) is 0 Å². The summed E-state index contributed by atoms with van der Waals surface area (Å²) in [7, 11) is -3.59. The number of hydrogen-bond donors (Lipinski definition) is 2. The van der Waals surface area contributed by atoms with Crippen molar-refractivity contribution in [2.45, 2.75) is 11.3 Å². The van der Waals surface area contributed by atoms with E-state index in [1.165, 1.54) is 10.5 Å². The number of aliphatic carboxylic acids is 1. The normalized spacial score (nSPS) is 17.2. The number of fused-ring (bicyclic) bond motifs is 1. The molecule has 7 nitrogen and oxygen atoms in total. The first-order valence-electron chi connectivity index (χ1n) is 6.12. The monoisotopic (exact) mass is 295 g/mol. The average Bonchev–Trinajstić information content (AvgIpc) is 2.77. The molecule has 2 aromatic heterocycles. The van der Waals surface area contributed by atoms with Gasteiger partial charge in [-0.2, -0.15) is 4.31 Å². The Kier molecular flexibility index (Phi) is 2.98. The lowest BCUT2D eigenvalue weighted by Crippen LogP contribution is -2.50. The molecule has 0 saturated carbocycles. The number of pyridine rings is 1. The van der Waals surface area contributed by atoms with E-state index in [0.29, 0.717) is 11.0 Å². The van der Waals surface area contributed by atoms with Gasteiger partial charge in [0, 0.05) is 30.9 Å². The van der Waals surface area contributed by atoms with Crippen molar-refractivity contribution in [1.29, 1.82) is 0 Å². The van der Waals surface area contributed by atoms with Crippen LogP contribution in [0.5, 0.6) is 0 Å². The first kappa shape index (κ1) is 13.1. The topological polar surface area (TPSA) is 103 Å². The highest BCUT2D eigenvalue weighted by molar-refractivity contribution is 7.89. The van der Waals surface area contributed by atoms with Gasteiger partial charge in [-0.25, -0.2) is 13.4 Å². The van der Waals surface area contributed by atoms with E-state index in [1.54, 1.807) is 18.3 Å². The highest BCUT2D eigenvalue weighted by Crippen LogP contribution is 2.30. The predicted octanol–water partition coefficient (Wildman–Crippen LogP) is 0.658. The molecular weight excluding hydrogens is 282 g/mol. The molecule has 0 amide bonds. The molecule has 1 aliphatic heterocycles. The van der Waals surface area contributed by atoms with Crippen LogP contribution < -0.4 is 0 Å². The Morgan fingerprint density at radius 3 is 2.95 bits per heavy atom. The fourth-order valence-corrected chi connectivity index (χ4v) is 4.12. The molecule has 0 spiro atoms. The third kappa shape index (κ3) is 2.06. The number of sulfonamides is 1. The second kappa shape index (κ2) is 4.57. The predicted molar refractivity (Wildman–Crippen MR) is 70.6 cm³/mol. The molecule has 0 aromatic carbocycles. The van der Waals surface area contributed by atoms with Crippen LogP contribution in [0, 0.1) is 5.92 Å². The highest BCUT2D eigenvalue weighted by Gasteiger charge is 2.38. The number of rotatable bonds is 4. The third-order valence-electron chi connectivity index (χ3n) is 3.42. The van der Waals surface area contributed by atoms with Gasteiger partial charge in [-0.05, 0) is 18.1 Å². The summed E-state index contributed by atoms with van der Waals surface area (Å²) in [6.07, 6.45) is 3.01. The Labute approximate surface area is 115 Å². The molecule has 0 atom stereocenters. The molecule has 1 fully saturated rings. The summed E-state index contributed by atoms with van der Waals surface area (Å²) in [5.74, 6) is -1.01. The molecule has 8 heteroatoms. The molecule has 20 heavy (non-hydrogen) atoms. The van der Waals surface area contributed by atoms with Crippen molar-refractivity contribution in [2.75, 3.05) is 13.1 Å². The Morgan fingerprint density at radius 1 is 1.50 bits per heavy atom. The highest BCUT2D eigenvalue weighted by atomic mass is 32.2. The smallest absolute Gasteiger partial charge is 0.303 e. The maximum absolute atomic E-state index is 12.5. The molecule has 0 aliphatic carbocycles. The number of aromatic amines is 1. The van der Waals surface area contributed by atoms with E-state index in [1.807, 2.05) is 0 Å². The Hall–Kier alpha value is -1.93. The fraction of sp³-hybridized carbons (Fsp3) is 0.333. The first-order valence-corrected chi connectivity index (χ1v) is 7.56. The lowest BCUT2D eigenvalue weighted by Gasteiger charge is -2.37. The van der Waals surface area contributed by atoms with Crippen LogP contribution in [0.25, 0.3) is 11.0 Å². The maximum atomic E-state index is 12.5. The van der Waals surface area contributed by atoms with Crippen molar-refractivity contribution in [1.82, 2.24) is 14.3 Å². The number of nitrogens with one attached hydrogen (secondary N) is 1. The third-order valence-corrected chi connectivity index (χ3v) is 5.29. The van der Waals surface area contributed by atoms with Gasteiger partial charge in [0.2, 0.25) is 10.0 Å². The quantitative estimate of drug-likeness (QED) is 0.862. The standard InChI is InChI=1S/C12H13N3O4S/c16-11(17)4-8-6-15(7-8)20(18,19)10-5-14-12-9(10)2-1-3-13-12/h1-3,5,8H,4,6-7H2,(H,13,14)(H,16,17). The molecule has 2 N–H and O–H groups in total. The molecule has 106 valence electrons. The zero-order valence-electron chi connectivity index (χ0n) is 10.5. The van der Waals surface area contributed by atoms with Crippen molar-refractivity contribution in [3.63, 3.8) is 0 Å². The van der Waals surface area contributed by atoms with E-state index in [-0.39, 0.29) is 30.3 Å². The molecule has 3 rings (SSSR count). The lowest BCUT2D eigenvalue weighted by molar-refractivity contribution is -0.139. The summed E-state index contributed by atoms with van der Waals surface area (Å²) in [4.78, 5) is 17.7. The second-order valence-electron chi connectivity index (χ2n) is 4.84. The summed E-state index contributed by atoms with van der Waals surface area (Å²) in [6, 6.07) is 3.37. The summed E-state index contributed by atoms with van der Waals surface area (Å²) in [6.45, 7) is 0.503. The van der Waals surface area contributed by atoms with Gasteiger partial charge in [-0.1, -0.05) is 0 Å². The number of aromatic nitrogens is 2. The summed E-state index contributed by atoms with van der Waals surface area (Å²) in [5, 5.41) is 9.23. The van der Waals surface area contributed by atoms with E-state index < -0.39 is 16.0 Å². The molecule has 1 aliphatic rings. The van der Waals surface area contributed by atoms with E-state index >= 15 is 0 Å². The molecule has 3 heterocycles. The van der Waals surface area contributed by atoms with Crippen LogP contribution in [0.3, 0.4) is 0 Å². The van der Waals surface area contributed by atoms with E-state index in [0.717, 1.165) is 0 Å². The van der Waals surface area contributed by atoms with Crippen LogP contribution in [0.15, 0.2) is 29.4 Å². The van der Waals surface area contributed by atoms with Gasteiger partial charge in [0.05, 0.1) is 6.42 Å². The van der Waals surface area contributed by atoms with Crippen molar-refractivity contribution < 1.29 is 18.3 Å². The minimum absolute atomic E-state index is 0.00145. The van der Waals surface area contributed by atoms with Crippen molar-refractivity contribution in [3.05, 3.63) is 24.5 Å². The van der Waals surface area contributed by atoms with Crippen molar-refractivity contribution >= 4 is 27.0 Å². The van der Waals surface area contributed by atoms with Gasteiger partial charge in [0.1, 0.15) is 10.5 Å². The van der Waals surface area contributed by atoms with Gasteiger partial charge in [0.15, 0.2) is 0 Å². The molecule has 0 bridgehead atoms. The second-order valence-corrected chi connectivity index (χ2v) is 6.74. The average molecular weight is 295 g/mol. The molecule has 2 aromatic rings. The largest absolute Gasteiger partial charge is 0.481 e. The Balaban J connectivity index is 1.85. The van der Waals surface area contributed by atoms with Gasteiger partial charge in [-0.3, -0.25) is 4.79 Å². The maximum Gasteiger partial charge on any atom is 0.303 e. The number of hydrogen-bond acceptors (Lipinski definition) is 4. The van der Waals surface area contributed by atoms with Crippen LogP contribution in [0.1, 0.15) is 6.42 Å². The van der Waals surface area contributed by atoms with Crippen molar-refractivity contribution in [2.24, 2.45) is 5.92 Å². The molecular formula is C12H13N3O4S. The van der Waals surface area contributed by atoms with Crippen LogP contribution in [-0.4, -0.2) is 46.9 Å². The zero-order valence-corrected chi connectivity index (χ0v) is 11.3. The van der Waals surface area contributed by atoms with Crippen LogP contribution in [-0.2, 0) is 14.8 Å². The van der Waals surface area contributed by atoms with E-state index in [2.05, 4.69) is 9.97 Å². The van der Waals surface area contributed by atoms with Crippen LogP contribution >= 0.6 is 0 Å². The molecule has 0 unspecified atom stereocenters. The Morgan fingerprint density at radius 2 is 2.25 bits per heavy atom. The van der Waals surface area contributed by atoms with E-state index in [9.17, 15) is 13.2 Å². The van der Waals surface area contributed by atoms with Crippen LogP contribution in [0.2, 0.25) is 0 Å². The zero-order chi connectivity index (χ0) is 14.3. The molecule has 1 saturated heterocycles. The number of H-pyrrole nitrogens is 1. The first-order chi connectivity index (χ1) is 9.48. The Bertz CT molecular complexity index is 762. The van der Waals surface area contributed by atoms with Crippen molar-refractivity contribution in [3.8, 4) is 0 Å². The van der Waals surface area contributed by atoms with Gasteiger partial charge < -0.3 is 10.1 Å². The minimum atomic E-state index is -3.59. The van der Waals surface area contributed by atoms with E-state index in [4.69, 9.17) is 5.11 Å². The van der Waals surface area contributed by atoms with Crippen LogP contribution in [0.4, 0.5) is 0 Å². The lowest BCUT2D eigenvalue weighted by atomic mass is 10.00. The minimum Gasteiger partial charge on any atom is -0.481 e. The summed E-state index contributed by atoms with van der Waals surface area (Å²) in [5.41, 5.74) is 0.522. The molecule has 0 radical (unpaired) electrons. The van der Waals surface area contributed by atoms with Gasteiger partial charge >= 0.3 is 5.97 Å². The number of carbonyl (C=O) groups is 1. The number of carboxylic acids is 1. The van der Waals surface area contributed by atoms with Gasteiger partial charge in [0.25, 0.3) is 0 Å². The summed E-state index contributed by atoms with van der Waals surface area (Å²) >= 11 is 0. The number of carboxylic acid groups (broad SMARTS) is 1. The summed E-state index contributed by atoms with van der Waals surface area (Å²) < 4.78 is 26.2. The fourth-order valence-electron chi connectivity index (χ4n) is 2.38.